The number of hydrogen-bond donors (Lipinski definition) is 2. The van der Waals surface area contributed by atoms with E-state index in [1.807, 2.05) is 24.3 Å². The molecule has 0 aliphatic heterocycles. The average molecular weight is 255 g/mol. The van der Waals surface area contributed by atoms with E-state index in [1.165, 1.54) is 5.56 Å². The molecule has 0 aliphatic carbocycles. The van der Waals surface area contributed by atoms with Crippen LogP contribution in [0.3, 0.4) is 0 Å². The van der Waals surface area contributed by atoms with Crippen LogP contribution in [0.5, 0.6) is 0 Å². The molecule has 0 aromatic heterocycles. The van der Waals surface area contributed by atoms with E-state index in [9.17, 15) is 4.79 Å². The Kier molecular flexibility index (Phi) is 4.18. The minimum absolute atomic E-state index is 0.322. The van der Waals surface area contributed by atoms with Gasteiger partial charge in [0.15, 0.2) is 0 Å². The van der Waals surface area contributed by atoms with Crippen molar-refractivity contribution >= 4 is 11.7 Å². The highest BCUT2D eigenvalue weighted by Gasteiger charge is 2.04. The Morgan fingerprint density at radius 3 is 2.68 bits per heavy atom. The SMILES string of the molecule is CCc1ccccc1NCc1cccc(C(=O)O)c1. The van der Waals surface area contributed by atoms with E-state index < -0.39 is 5.97 Å². The van der Waals surface area contributed by atoms with Crippen LogP contribution in [-0.2, 0) is 13.0 Å². The smallest absolute Gasteiger partial charge is 0.335 e. The number of anilines is 1. The summed E-state index contributed by atoms with van der Waals surface area (Å²) in [6.07, 6.45) is 0.971. The number of carboxylic acids is 1. The van der Waals surface area contributed by atoms with Crippen LogP contribution >= 0.6 is 0 Å². The van der Waals surface area contributed by atoms with E-state index in [4.69, 9.17) is 5.11 Å². The molecule has 2 aromatic carbocycles. The molecule has 3 nitrogen and oxygen atoms in total. The summed E-state index contributed by atoms with van der Waals surface area (Å²) in [7, 11) is 0. The highest BCUT2D eigenvalue weighted by molar-refractivity contribution is 5.87. The second kappa shape index (κ2) is 6.05. The molecule has 19 heavy (non-hydrogen) atoms. The summed E-state index contributed by atoms with van der Waals surface area (Å²) in [6, 6.07) is 15.1. The molecule has 0 saturated carbocycles. The molecule has 0 bridgehead atoms. The van der Waals surface area contributed by atoms with E-state index in [0.717, 1.165) is 17.7 Å². The molecule has 0 radical (unpaired) electrons. The quantitative estimate of drug-likeness (QED) is 0.858. The minimum atomic E-state index is -0.893. The number of hydrogen-bond acceptors (Lipinski definition) is 2. The first-order valence-electron chi connectivity index (χ1n) is 6.34. The van der Waals surface area contributed by atoms with Crippen molar-refractivity contribution < 1.29 is 9.90 Å². The number of aryl methyl sites for hydroxylation is 1. The molecule has 3 heteroatoms. The average Bonchev–Trinajstić information content (AvgIpc) is 2.45. The largest absolute Gasteiger partial charge is 0.478 e. The van der Waals surface area contributed by atoms with Gasteiger partial charge in [0.1, 0.15) is 0 Å². The fourth-order valence-corrected chi connectivity index (χ4v) is 2.01. The third-order valence-electron chi connectivity index (χ3n) is 3.06. The number of benzene rings is 2. The molecule has 0 saturated heterocycles. The van der Waals surface area contributed by atoms with Crippen molar-refractivity contribution in [2.45, 2.75) is 19.9 Å². The molecule has 98 valence electrons. The fraction of sp³-hybridized carbons (Fsp3) is 0.188. The van der Waals surface area contributed by atoms with Crippen molar-refractivity contribution in [1.82, 2.24) is 0 Å². The predicted octanol–water partition coefficient (Wildman–Crippen LogP) is 3.56. The lowest BCUT2D eigenvalue weighted by Gasteiger charge is -2.11. The molecule has 0 atom stereocenters. The number of para-hydroxylation sites is 1. The second-order valence-electron chi connectivity index (χ2n) is 4.37. The van der Waals surface area contributed by atoms with Crippen LogP contribution in [0.15, 0.2) is 48.5 Å². The van der Waals surface area contributed by atoms with Crippen molar-refractivity contribution in [1.29, 1.82) is 0 Å². The Morgan fingerprint density at radius 1 is 1.16 bits per heavy atom. The van der Waals surface area contributed by atoms with Gasteiger partial charge in [-0.2, -0.15) is 0 Å². The van der Waals surface area contributed by atoms with Crippen LogP contribution in [0.1, 0.15) is 28.4 Å². The van der Waals surface area contributed by atoms with Crippen LogP contribution in [0.25, 0.3) is 0 Å². The maximum absolute atomic E-state index is 10.9. The lowest BCUT2D eigenvalue weighted by Crippen LogP contribution is -2.03. The number of carboxylic acid groups (broad SMARTS) is 1. The van der Waals surface area contributed by atoms with E-state index in [2.05, 4.69) is 18.3 Å². The van der Waals surface area contributed by atoms with E-state index in [0.29, 0.717) is 12.1 Å². The van der Waals surface area contributed by atoms with Crippen LogP contribution in [0, 0.1) is 0 Å². The second-order valence-corrected chi connectivity index (χ2v) is 4.37. The Bertz CT molecular complexity index is 578. The van der Waals surface area contributed by atoms with Crippen molar-refractivity contribution in [3.63, 3.8) is 0 Å². The Labute approximate surface area is 112 Å². The molecule has 2 aromatic rings. The third kappa shape index (κ3) is 3.35. The van der Waals surface area contributed by atoms with Gasteiger partial charge in [-0.05, 0) is 35.7 Å². The van der Waals surface area contributed by atoms with Gasteiger partial charge >= 0.3 is 5.97 Å². The highest BCUT2D eigenvalue weighted by atomic mass is 16.4. The molecule has 0 fully saturated rings. The first-order chi connectivity index (χ1) is 9.20. The maximum atomic E-state index is 10.9. The van der Waals surface area contributed by atoms with E-state index >= 15 is 0 Å². The summed E-state index contributed by atoms with van der Waals surface area (Å²) < 4.78 is 0. The zero-order chi connectivity index (χ0) is 13.7. The maximum Gasteiger partial charge on any atom is 0.335 e. The normalized spacial score (nSPS) is 10.2. The molecule has 0 amide bonds. The van der Waals surface area contributed by atoms with Gasteiger partial charge in [0.2, 0.25) is 0 Å². The first-order valence-corrected chi connectivity index (χ1v) is 6.34. The lowest BCUT2D eigenvalue weighted by molar-refractivity contribution is 0.0697. The predicted molar refractivity (Wildman–Crippen MR) is 76.5 cm³/mol. The summed E-state index contributed by atoms with van der Waals surface area (Å²) in [5.74, 6) is -0.893. The van der Waals surface area contributed by atoms with Gasteiger partial charge in [-0.15, -0.1) is 0 Å². The zero-order valence-corrected chi connectivity index (χ0v) is 10.9. The van der Waals surface area contributed by atoms with Crippen LogP contribution < -0.4 is 5.32 Å². The van der Waals surface area contributed by atoms with E-state index in [-0.39, 0.29) is 0 Å². The standard InChI is InChI=1S/C16H17NO2/c1-2-13-7-3-4-9-15(13)17-11-12-6-5-8-14(10-12)16(18)19/h3-10,17H,2,11H2,1H3,(H,18,19). The molecule has 2 N–H and O–H groups in total. The summed E-state index contributed by atoms with van der Waals surface area (Å²) >= 11 is 0. The van der Waals surface area contributed by atoms with Gasteiger partial charge in [-0.1, -0.05) is 37.3 Å². The Hall–Kier alpha value is -2.29. The van der Waals surface area contributed by atoms with Crippen LogP contribution in [-0.4, -0.2) is 11.1 Å². The minimum Gasteiger partial charge on any atom is -0.478 e. The van der Waals surface area contributed by atoms with Crippen molar-refractivity contribution in [2.75, 3.05) is 5.32 Å². The summed E-state index contributed by atoms with van der Waals surface area (Å²) in [5, 5.41) is 12.3. The van der Waals surface area contributed by atoms with E-state index in [1.54, 1.807) is 18.2 Å². The third-order valence-corrected chi connectivity index (χ3v) is 3.06. The lowest BCUT2D eigenvalue weighted by atomic mass is 10.1. The van der Waals surface area contributed by atoms with Gasteiger partial charge in [0.25, 0.3) is 0 Å². The molecule has 2 rings (SSSR count). The monoisotopic (exact) mass is 255 g/mol. The van der Waals surface area contributed by atoms with Gasteiger partial charge in [-0.3, -0.25) is 0 Å². The Balaban J connectivity index is 2.10. The van der Waals surface area contributed by atoms with Crippen molar-refractivity contribution in [2.24, 2.45) is 0 Å². The Morgan fingerprint density at radius 2 is 1.95 bits per heavy atom. The van der Waals surface area contributed by atoms with Crippen LogP contribution in [0.2, 0.25) is 0 Å². The number of nitrogens with one attached hydrogen (secondary N) is 1. The number of carbonyl (C=O) groups is 1. The summed E-state index contributed by atoms with van der Waals surface area (Å²) in [4.78, 5) is 10.9. The molecular formula is C16H17NO2. The van der Waals surface area contributed by atoms with Gasteiger partial charge in [0.05, 0.1) is 5.56 Å². The topological polar surface area (TPSA) is 49.3 Å². The van der Waals surface area contributed by atoms with Crippen molar-refractivity contribution in [3.05, 3.63) is 65.2 Å². The summed E-state index contributed by atoms with van der Waals surface area (Å²) in [5.41, 5.74) is 3.65. The molecule has 0 heterocycles. The summed E-state index contributed by atoms with van der Waals surface area (Å²) in [6.45, 7) is 2.74. The van der Waals surface area contributed by atoms with Gasteiger partial charge in [0, 0.05) is 12.2 Å². The zero-order valence-electron chi connectivity index (χ0n) is 10.9. The number of aromatic carboxylic acids is 1. The molecule has 0 aliphatic rings. The van der Waals surface area contributed by atoms with Crippen LogP contribution in [0.4, 0.5) is 5.69 Å². The highest BCUT2D eigenvalue weighted by Crippen LogP contribution is 2.16. The number of rotatable bonds is 5. The molecular weight excluding hydrogens is 238 g/mol. The first kappa shape index (κ1) is 13.1. The van der Waals surface area contributed by atoms with Gasteiger partial charge < -0.3 is 10.4 Å². The molecule has 0 spiro atoms. The van der Waals surface area contributed by atoms with Gasteiger partial charge in [-0.25, -0.2) is 4.79 Å². The van der Waals surface area contributed by atoms with Crippen molar-refractivity contribution in [3.8, 4) is 0 Å². The fourth-order valence-electron chi connectivity index (χ4n) is 2.01. The molecule has 0 unspecified atom stereocenters.